The molecule has 1 heterocycles. The van der Waals surface area contributed by atoms with E-state index >= 15 is 0 Å². The lowest BCUT2D eigenvalue weighted by molar-refractivity contribution is 0.661. The van der Waals surface area contributed by atoms with Crippen molar-refractivity contribution in [2.24, 2.45) is 0 Å². The van der Waals surface area contributed by atoms with Gasteiger partial charge in [0.25, 0.3) is 0 Å². The lowest BCUT2D eigenvalue weighted by Crippen LogP contribution is -2.15. The van der Waals surface area contributed by atoms with Crippen molar-refractivity contribution in [3.05, 3.63) is 145 Å². The second-order valence-corrected chi connectivity index (χ2v) is 13.2. The van der Waals surface area contributed by atoms with E-state index in [1.807, 2.05) is 11.3 Å². The van der Waals surface area contributed by atoms with Gasteiger partial charge in [0.1, 0.15) is 0 Å². The summed E-state index contributed by atoms with van der Waals surface area (Å²) in [7, 11) is 0. The molecular weight excluding hydrogens is 525 g/mol. The molecule has 0 N–H and O–H groups in total. The molecule has 0 fully saturated rings. The molecule has 42 heavy (non-hydrogen) atoms. The highest BCUT2D eigenvalue weighted by Crippen LogP contribution is 2.52. The quantitative estimate of drug-likeness (QED) is 0.187. The second-order valence-electron chi connectivity index (χ2n) is 12.1. The lowest BCUT2D eigenvalue weighted by Gasteiger charge is -2.23. The van der Waals surface area contributed by atoms with E-state index in [2.05, 4.69) is 147 Å². The van der Waals surface area contributed by atoms with E-state index < -0.39 is 0 Å². The fraction of sp³-hybridized carbons (Fsp3) is 0.0732. The average molecular weight is 553 g/mol. The van der Waals surface area contributed by atoms with Crippen molar-refractivity contribution in [2.75, 3.05) is 0 Å². The SMILES string of the molecule is CC1(C)c2cc(-c3cc4ccccc4c4ccccc34)ccc2-c2ccc(-c3cccc4c3sc3ccccc34)cc21. The Kier molecular flexibility index (Phi) is 4.93. The second kappa shape index (κ2) is 8.64. The smallest absolute Gasteiger partial charge is 0.0433 e. The van der Waals surface area contributed by atoms with E-state index in [0.29, 0.717) is 0 Å². The highest BCUT2D eigenvalue weighted by Gasteiger charge is 2.36. The maximum atomic E-state index is 2.46. The molecule has 8 aromatic rings. The first-order valence-corrected chi connectivity index (χ1v) is 15.5. The molecule has 0 spiro atoms. The molecule has 0 amide bonds. The van der Waals surface area contributed by atoms with Crippen LogP contribution in [-0.4, -0.2) is 0 Å². The minimum atomic E-state index is -0.0998. The van der Waals surface area contributed by atoms with Crippen LogP contribution in [0.25, 0.3) is 75.1 Å². The molecule has 198 valence electrons. The molecule has 0 nitrogen and oxygen atoms in total. The summed E-state index contributed by atoms with van der Waals surface area (Å²) >= 11 is 1.90. The molecule has 0 atom stereocenters. The van der Waals surface area contributed by atoms with Crippen molar-refractivity contribution in [3.8, 4) is 33.4 Å². The first-order valence-electron chi connectivity index (χ1n) is 14.7. The standard InChI is InChI=1S/C41H28S/c1-41(2)37-23-26(29-15-9-16-35-34-14-7-8-17-39(34)42-40(29)35)18-20-32(37)33-21-19-27(24-38(33)41)36-22-25-10-3-4-11-28(25)30-12-5-6-13-31(30)36/h3-24H,1-2H3. The minimum Gasteiger partial charge on any atom is -0.135 e. The van der Waals surface area contributed by atoms with Crippen LogP contribution in [0.15, 0.2) is 133 Å². The molecule has 0 saturated carbocycles. The third-order valence-electron chi connectivity index (χ3n) is 9.47. The summed E-state index contributed by atoms with van der Waals surface area (Å²) in [5.41, 5.74) is 10.6. The first-order chi connectivity index (χ1) is 20.6. The van der Waals surface area contributed by atoms with Gasteiger partial charge in [0.05, 0.1) is 0 Å². The van der Waals surface area contributed by atoms with Crippen LogP contribution >= 0.6 is 11.3 Å². The number of rotatable bonds is 2. The average Bonchev–Trinajstić information content (AvgIpc) is 3.52. The summed E-state index contributed by atoms with van der Waals surface area (Å²) in [5.74, 6) is 0. The Hall–Kier alpha value is -4.72. The van der Waals surface area contributed by atoms with Gasteiger partial charge in [-0.25, -0.2) is 0 Å². The highest BCUT2D eigenvalue weighted by molar-refractivity contribution is 7.26. The summed E-state index contributed by atoms with van der Waals surface area (Å²) in [4.78, 5) is 0. The molecule has 0 radical (unpaired) electrons. The maximum Gasteiger partial charge on any atom is 0.0433 e. The first kappa shape index (κ1) is 23.9. The summed E-state index contributed by atoms with van der Waals surface area (Å²) in [6.07, 6.45) is 0. The number of thiophene rings is 1. The van der Waals surface area contributed by atoms with Crippen molar-refractivity contribution in [1.82, 2.24) is 0 Å². The van der Waals surface area contributed by atoms with E-state index in [1.54, 1.807) is 0 Å². The lowest BCUT2D eigenvalue weighted by atomic mass is 9.80. The van der Waals surface area contributed by atoms with E-state index in [4.69, 9.17) is 0 Å². The van der Waals surface area contributed by atoms with Gasteiger partial charge in [0.2, 0.25) is 0 Å². The van der Waals surface area contributed by atoms with Gasteiger partial charge in [-0.3, -0.25) is 0 Å². The molecule has 1 aromatic heterocycles. The van der Waals surface area contributed by atoms with Crippen molar-refractivity contribution in [3.63, 3.8) is 0 Å². The van der Waals surface area contributed by atoms with Crippen LogP contribution < -0.4 is 0 Å². The van der Waals surface area contributed by atoms with Crippen LogP contribution in [-0.2, 0) is 5.41 Å². The van der Waals surface area contributed by atoms with E-state index in [1.165, 1.54) is 86.2 Å². The van der Waals surface area contributed by atoms with Gasteiger partial charge < -0.3 is 0 Å². The normalized spacial score (nSPS) is 13.7. The predicted octanol–water partition coefficient (Wildman–Crippen LogP) is 12.0. The number of hydrogen-bond donors (Lipinski definition) is 0. The minimum absolute atomic E-state index is 0.0998. The summed E-state index contributed by atoms with van der Waals surface area (Å²) in [6.45, 7) is 4.79. The third kappa shape index (κ3) is 3.29. The van der Waals surface area contributed by atoms with E-state index in [0.717, 1.165) is 0 Å². The largest absolute Gasteiger partial charge is 0.135 e. The predicted molar refractivity (Wildman–Crippen MR) is 183 cm³/mol. The Balaban J connectivity index is 1.20. The Morgan fingerprint density at radius 1 is 0.429 bits per heavy atom. The van der Waals surface area contributed by atoms with Crippen molar-refractivity contribution in [2.45, 2.75) is 19.3 Å². The molecular formula is C41H28S. The summed E-state index contributed by atoms with van der Waals surface area (Å²) in [5, 5.41) is 7.92. The van der Waals surface area contributed by atoms with Crippen molar-refractivity contribution in [1.29, 1.82) is 0 Å². The molecule has 7 aromatic carbocycles. The molecule has 0 bridgehead atoms. The van der Waals surface area contributed by atoms with Gasteiger partial charge in [-0.1, -0.05) is 123 Å². The Morgan fingerprint density at radius 3 is 1.79 bits per heavy atom. The molecule has 1 aliphatic carbocycles. The zero-order valence-electron chi connectivity index (χ0n) is 23.6. The summed E-state index contributed by atoms with van der Waals surface area (Å²) < 4.78 is 2.72. The molecule has 0 unspecified atom stereocenters. The maximum absolute atomic E-state index is 2.46. The van der Waals surface area contributed by atoms with Crippen molar-refractivity contribution >= 4 is 53.1 Å². The number of benzene rings is 7. The van der Waals surface area contributed by atoms with Gasteiger partial charge >= 0.3 is 0 Å². The van der Waals surface area contributed by atoms with Crippen LogP contribution in [0.2, 0.25) is 0 Å². The highest BCUT2D eigenvalue weighted by atomic mass is 32.1. The van der Waals surface area contributed by atoms with Crippen LogP contribution in [0.5, 0.6) is 0 Å². The number of hydrogen-bond acceptors (Lipinski definition) is 1. The van der Waals surface area contributed by atoms with Crippen LogP contribution in [0, 0.1) is 0 Å². The van der Waals surface area contributed by atoms with Crippen LogP contribution in [0.4, 0.5) is 0 Å². The Bertz CT molecular complexity index is 2380. The zero-order chi connectivity index (χ0) is 28.0. The number of fused-ring (bicyclic) bond motifs is 9. The summed E-state index contributed by atoms with van der Waals surface area (Å²) in [6, 6.07) is 49.8. The molecule has 1 heteroatoms. The fourth-order valence-electron chi connectivity index (χ4n) is 7.34. The molecule has 9 rings (SSSR count). The topological polar surface area (TPSA) is 0 Å². The Labute approximate surface area is 249 Å². The molecule has 0 saturated heterocycles. The van der Waals surface area contributed by atoms with E-state index in [-0.39, 0.29) is 5.41 Å². The van der Waals surface area contributed by atoms with Gasteiger partial charge in [0, 0.05) is 25.6 Å². The van der Waals surface area contributed by atoms with Gasteiger partial charge in [-0.2, -0.15) is 0 Å². The fourth-order valence-corrected chi connectivity index (χ4v) is 8.58. The van der Waals surface area contributed by atoms with Crippen LogP contribution in [0.1, 0.15) is 25.0 Å². The van der Waals surface area contributed by atoms with Gasteiger partial charge in [0.15, 0.2) is 0 Å². The van der Waals surface area contributed by atoms with Gasteiger partial charge in [-0.05, 0) is 90.3 Å². The molecule has 1 aliphatic rings. The third-order valence-corrected chi connectivity index (χ3v) is 10.7. The molecule has 0 aliphatic heterocycles. The van der Waals surface area contributed by atoms with E-state index in [9.17, 15) is 0 Å². The van der Waals surface area contributed by atoms with Gasteiger partial charge in [-0.15, -0.1) is 11.3 Å². The van der Waals surface area contributed by atoms with Crippen LogP contribution in [0.3, 0.4) is 0 Å². The zero-order valence-corrected chi connectivity index (χ0v) is 24.4. The van der Waals surface area contributed by atoms with Crippen molar-refractivity contribution < 1.29 is 0 Å². The monoisotopic (exact) mass is 552 g/mol. The Morgan fingerprint density at radius 2 is 1.02 bits per heavy atom.